The molecule has 0 aliphatic heterocycles. The van der Waals surface area contributed by atoms with Gasteiger partial charge in [0.25, 0.3) is 5.91 Å². The lowest BCUT2D eigenvalue weighted by atomic mass is 10.1. The van der Waals surface area contributed by atoms with Gasteiger partial charge in [-0.15, -0.1) is 11.6 Å². The van der Waals surface area contributed by atoms with Crippen molar-refractivity contribution >= 4 is 33.4 Å². The van der Waals surface area contributed by atoms with E-state index < -0.39 is 0 Å². The molecule has 1 amide bonds. The minimum atomic E-state index is -0.383. The van der Waals surface area contributed by atoms with Gasteiger partial charge in [0.2, 0.25) is 0 Å². The Hall–Kier alpha value is -0.610. The van der Waals surface area contributed by atoms with Crippen molar-refractivity contribution in [3.05, 3.63) is 34.1 Å². The maximum absolute atomic E-state index is 12.9. The molecule has 0 saturated carbocycles. The average molecular weight is 323 g/mol. The van der Waals surface area contributed by atoms with E-state index in [9.17, 15) is 9.18 Å². The molecule has 0 heterocycles. The Morgan fingerprint density at radius 1 is 1.53 bits per heavy atom. The van der Waals surface area contributed by atoms with Crippen molar-refractivity contribution in [2.45, 2.75) is 19.9 Å². The Bertz CT molecular complexity index is 411. The molecule has 0 spiro atoms. The van der Waals surface area contributed by atoms with Gasteiger partial charge in [0, 0.05) is 16.4 Å². The van der Waals surface area contributed by atoms with Crippen LogP contribution >= 0.6 is 27.5 Å². The highest BCUT2D eigenvalue weighted by atomic mass is 79.9. The summed E-state index contributed by atoms with van der Waals surface area (Å²) in [6.45, 7) is 3.96. The standard InChI is InChI=1S/C12H14BrClFNO/c1-7(2)11(6-14)16-12(17)9-4-3-8(15)5-10(9)13/h3-5,7,11H,6H2,1-2H3,(H,16,17). The molecule has 94 valence electrons. The van der Waals surface area contributed by atoms with Crippen LogP contribution in [0.5, 0.6) is 0 Å². The van der Waals surface area contributed by atoms with Crippen LogP contribution in [-0.2, 0) is 0 Å². The van der Waals surface area contributed by atoms with Crippen LogP contribution in [0.15, 0.2) is 22.7 Å². The third-order valence-corrected chi connectivity index (χ3v) is 3.45. The number of hydrogen-bond acceptors (Lipinski definition) is 1. The van der Waals surface area contributed by atoms with E-state index in [1.165, 1.54) is 18.2 Å². The van der Waals surface area contributed by atoms with Gasteiger partial charge in [-0.3, -0.25) is 4.79 Å². The predicted octanol–water partition coefficient (Wildman–Crippen LogP) is 3.58. The molecular formula is C12H14BrClFNO. The van der Waals surface area contributed by atoms with Gasteiger partial charge in [-0.05, 0) is 40.0 Å². The second-order valence-electron chi connectivity index (χ2n) is 4.10. The van der Waals surface area contributed by atoms with Crippen LogP contribution in [0.4, 0.5) is 4.39 Å². The Kier molecular flexibility index (Phi) is 5.40. The lowest BCUT2D eigenvalue weighted by Gasteiger charge is -2.20. The number of rotatable bonds is 4. The number of benzene rings is 1. The zero-order valence-electron chi connectivity index (χ0n) is 9.64. The highest BCUT2D eigenvalue weighted by Crippen LogP contribution is 2.18. The summed E-state index contributed by atoms with van der Waals surface area (Å²) in [5.74, 6) is -0.0412. The molecule has 2 nitrogen and oxygen atoms in total. The molecule has 0 radical (unpaired) electrons. The molecule has 1 rings (SSSR count). The van der Waals surface area contributed by atoms with Crippen molar-refractivity contribution in [1.29, 1.82) is 0 Å². The zero-order valence-corrected chi connectivity index (χ0v) is 12.0. The highest BCUT2D eigenvalue weighted by Gasteiger charge is 2.17. The second-order valence-corrected chi connectivity index (χ2v) is 5.27. The van der Waals surface area contributed by atoms with Crippen molar-refractivity contribution in [1.82, 2.24) is 5.32 Å². The molecule has 17 heavy (non-hydrogen) atoms. The van der Waals surface area contributed by atoms with Gasteiger partial charge in [0.15, 0.2) is 0 Å². The summed E-state index contributed by atoms with van der Waals surface area (Å²) < 4.78 is 13.3. The average Bonchev–Trinajstić information content (AvgIpc) is 2.24. The first kappa shape index (κ1) is 14.5. The highest BCUT2D eigenvalue weighted by molar-refractivity contribution is 9.10. The summed E-state index contributed by atoms with van der Waals surface area (Å²) in [4.78, 5) is 11.9. The van der Waals surface area contributed by atoms with Crippen molar-refractivity contribution in [2.24, 2.45) is 5.92 Å². The number of carbonyl (C=O) groups excluding carboxylic acids is 1. The van der Waals surface area contributed by atoms with E-state index in [1.807, 2.05) is 13.8 Å². The molecule has 0 aliphatic rings. The first-order valence-electron chi connectivity index (χ1n) is 5.27. The number of carbonyl (C=O) groups is 1. The quantitative estimate of drug-likeness (QED) is 0.844. The summed E-state index contributed by atoms with van der Waals surface area (Å²) in [6, 6.07) is 3.87. The zero-order chi connectivity index (χ0) is 13.0. The van der Waals surface area contributed by atoms with Crippen LogP contribution in [0.3, 0.4) is 0 Å². The van der Waals surface area contributed by atoms with E-state index in [-0.39, 0.29) is 23.7 Å². The van der Waals surface area contributed by atoms with Crippen molar-refractivity contribution in [3.63, 3.8) is 0 Å². The summed E-state index contributed by atoms with van der Waals surface area (Å²) in [5.41, 5.74) is 0.405. The smallest absolute Gasteiger partial charge is 0.252 e. The molecule has 0 aromatic heterocycles. The van der Waals surface area contributed by atoms with E-state index >= 15 is 0 Å². The number of amides is 1. The third-order valence-electron chi connectivity index (χ3n) is 2.46. The summed E-state index contributed by atoms with van der Waals surface area (Å²) in [7, 11) is 0. The van der Waals surface area contributed by atoms with Crippen molar-refractivity contribution < 1.29 is 9.18 Å². The first-order valence-corrected chi connectivity index (χ1v) is 6.60. The van der Waals surface area contributed by atoms with Crippen molar-refractivity contribution in [2.75, 3.05) is 5.88 Å². The Morgan fingerprint density at radius 2 is 2.18 bits per heavy atom. The number of hydrogen-bond donors (Lipinski definition) is 1. The molecule has 0 saturated heterocycles. The van der Waals surface area contributed by atoms with Crippen LogP contribution in [0.25, 0.3) is 0 Å². The topological polar surface area (TPSA) is 29.1 Å². The van der Waals surface area contributed by atoms with Crippen molar-refractivity contribution in [3.8, 4) is 0 Å². The lowest BCUT2D eigenvalue weighted by Crippen LogP contribution is -2.40. The normalized spacial score (nSPS) is 12.6. The van der Waals surface area contributed by atoms with Crippen LogP contribution < -0.4 is 5.32 Å². The van der Waals surface area contributed by atoms with Gasteiger partial charge < -0.3 is 5.32 Å². The maximum atomic E-state index is 12.9. The van der Waals surface area contributed by atoms with Gasteiger partial charge in [-0.25, -0.2) is 4.39 Å². The monoisotopic (exact) mass is 321 g/mol. The van der Waals surface area contributed by atoms with Crippen LogP contribution in [0.2, 0.25) is 0 Å². The molecule has 1 aromatic carbocycles. The predicted molar refractivity (Wildman–Crippen MR) is 70.9 cm³/mol. The fourth-order valence-corrected chi connectivity index (χ4v) is 2.27. The van der Waals surface area contributed by atoms with E-state index in [2.05, 4.69) is 21.2 Å². The molecular weight excluding hydrogens is 308 g/mol. The van der Waals surface area contributed by atoms with E-state index in [1.54, 1.807) is 0 Å². The maximum Gasteiger partial charge on any atom is 0.252 e. The summed E-state index contributed by atoms with van der Waals surface area (Å²) >= 11 is 8.94. The minimum Gasteiger partial charge on any atom is -0.348 e. The SMILES string of the molecule is CC(C)C(CCl)NC(=O)c1ccc(F)cc1Br. The molecule has 1 N–H and O–H groups in total. The fraction of sp³-hybridized carbons (Fsp3) is 0.417. The molecule has 0 fully saturated rings. The van der Waals surface area contributed by atoms with Gasteiger partial charge in [-0.2, -0.15) is 0 Å². The minimum absolute atomic E-state index is 0.0962. The molecule has 1 atom stereocenters. The van der Waals surface area contributed by atoms with Gasteiger partial charge in [-0.1, -0.05) is 13.8 Å². The van der Waals surface area contributed by atoms with Crippen LogP contribution in [-0.4, -0.2) is 17.8 Å². The van der Waals surface area contributed by atoms with E-state index in [0.29, 0.717) is 15.9 Å². The molecule has 0 aliphatic carbocycles. The van der Waals surface area contributed by atoms with E-state index in [4.69, 9.17) is 11.6 Å². The Labute approximate surface area is 114 Å². The lowest BCUT2D eigenvalue weighted by molar-refractivity contribution is 0.0930. The number of nitrogens with one attached hydrogen (secondary N) is 1. The number of halogens is 3. The Balaban J connectivity index is 2.82. The second kappa shape index (κ2) is 6.36. The fourth-order valence-electron chi connectivity index (χ4n) is 1.30. The molecule has 0 bridgehead atoms. The third kappa shape index (κ3) is 3.96. The Morgan fingerprint density at radius 3 is 2.65 bits per heavy atom. The molecule has 1 unspecified atom stereocenters. The van der Waals surface area contributed by atoms with Gasteiger partial charge in [0.1, 0.15) is 5.82 Å². The summed E-state index contributed by atoms with van der Waals surface area (Å²) in [6.07, 6.45) is 0. The van der Waals surface area contributed by atoms with Crippen LogP contribution in [0.1, 0.15) is 24.2 Å². The number of alkyl halides is 1. The van der Waals surface area contributed by atoms with Gasteiger partial charge >= 0.3 is 0 Å². The largest absolute Gasteiger partial charge is 0.348 e. The first-order chi connectivity index (χ1) is 7.95. The van der Waals surface area contributed by atoms with Crippen LogP contribution in [0, 0.1) is 11.7 Å². The summed E-state index contributed by atoms with van der Waals surface area (Å²) in [5, 5.41) is 2.82. The molecule has 5 heteroatoms. The molecule has 1 aromatic rings. The van der Waals surface area contributed by atoms with Gasteiger partial charge in [0.05, 0.1) is 5.56 Å². The van der Waals surface area contributed by atoms with E-state index in [0.717, 1.165) is 0 Å².